The van der Waals surface area contributed by atoms with Crippen molar-refractivity contribution in [1.82, 2.24) is 4.72 Å². The number of sulfonamides is 1. The third kappa shape index (κ3) is 4.20. The van der Waals surface area contributed by atoms with Gasteiger partial charge in [-0.2, -0.15) is 4.72 Å². The van der Waals surface area contributed by atoms with Gasteiger partial charge in [0.15, 0.2) is 5.54 Å². The first-order valence-corrected chi connectivity index (χ1v) is 9.70. The molecular weight excluding hydrogens is 350 g/mol. The molecule has 0 aromatic heterocycles. The Bertz CT molecular complexity index is 874. The molecule has 138 valence electrons. The van der Waals surface area contributed by atoms with E-state index in [0.29, 0.717) is 5.56 Å². The minimum atomic E-state index is -3.95. The monoisotopic (exact) mass is 373 g/mol. The molecule has 0 bridgehead atoms. The molecule has 1 unspecified atom stereocenters. The van der Waals surface area contributed by atoms with Gasteiger partial charge in [-0.1, -0.05) is 60.2 Å². The summed E-state index contributed by atoms with van der Waals surface area (Å²) in [6.07, 6.45) is 3.63. The lowest BCUT2D eigenvalue weighted by Crippen LogP contribution is -2.52. The van der Waals surface area contributed by atoms with E-state index in [1.54, 1.807) is 54.6 Å². The molecule has 0 radical (unpaired) electrons. The first kappa shape index (κ1) is 19.9. The molecule has 1 N–H and O–H groups in total. The van der Waals surface area contributed by atoms with Crippen LogP contribution in [0.3, 0.4) is 0 Å². The van der Waals surface area contributed by atoms with Crippen molar-refractivity contribution in [3.63, 3.8) is 0 Å². The molecule has 0 aliphatic rings. The molecule has 0 aliphatic carbocycles. The van der Waals surface area contributed by atoms with Gasteiger partial charge in [0, 0.05) is 0 Å². The van der Waals surface area contributed by atoms with Crippen LogP contribution in [0, 0.1) is 6.92 Å². The molecule has 6 heteroatoms. The Hall–Kier alpha value is -2.44. The van der Waals surface area contributed by atoms with Crippen LogP contribution in [0.15, 0.2) is 71.6 Å². The minimum absolute atomic E-state index is 0.0905. The van der Waals surface area contributed by atoms with Gasteiger partial charge in [0.2, 0.25) is 10.0 Å². The second-order valence-electron chi connectivity index (χ2n) is 5.95. The maximum absolute atomic E-state index is 13.0. The van der Waals surface area contributed by atoms with Crippen molar-refractivity contribution in [1.29, 1.82) is 0 Å². The Morgan fingerprint density at radius 2 is 1.73 bits per heavy atom. The number of hydrogen-bond acceptors (Lipinski definition) is 4. The number of ether oxygens (including phenoxy) is 1. The Morgan fingerprint density at radius 1 is 1.12 bits per heavy atom. The molecular formula is C20H23NO4S. The van der Waals surface area contributed by atoms with Crippen LogP contribution < -0.4 is 4.72 Å². The lowest BCUT2D eigenvalue weighted by Gasteiger charge is -2.31. The Kier molecular flexibility index (Phi) is 6.34. The highest BCUT2D eigenvalue weighted by atomic mass is 32.2. The number of esters is 1. The van der Waals surface area contributed by atoms with Crippen molar-refractivity contribution in [2.75, 3.05) is 7.11 Å². The summed E-state index contributed by atoms with van der Waals surface area (Å²) < 4.78 is 33.5. The number of allylic oxidation sites excluding steroid dienone is 1. The molecule has 0 aliphatic heterocycles. The van der Waals surface area contributed by atoms with Crippen LogP contribution in [0.1, 0.15) is 24.5 Å². The van der Waals surface area contributed by atoms with E-state index in [9.17, 15) is 13.2 Å². The summed E-state index contributed by atoms with van der Waals surface area (Å²) in [6.45, 7) is 3.68. The number of nitrogens with one attached hydrogen (secondary N) is 1. The largest absolute Gasteiger partial charge is 0.467 e. The van der Waals surface area contributed by atoms with Crippen LogP contribution in [0.4, 0.5) is 0 Å². The second-order valence-corrected chi connectivity index (χ2v) is 7.64. The number of hydrogen-bond donors (Lipinski definition) is 1. The molecule has 0 fully saturated rings. The van der Waals surface area contributed by atoms with Gasteiger partial charge in [-0.25, -0.2) is 13.2 Å². The fourth-order valence-electron chi connectivity index (χ4n) is 2.66. The van der Waals surface area contributed by atoms with E-state index in [0.717, 1.165) is 5.56 Å². The Morgan fingerprint density at radius 3 is 2.27 bits per heavy atom. The number of carbonyl (C=O) groups is 1. The standard InChI is InChI=1S/C20H23NO4S/c1-4-5-15-20(19(22)25-3,17-9-7-6-8-10-17)21-26(23,24)18-13-11-16(2)12-14-18/h4-14,21H,15H2,1-3H3/b5-4-. The number of rotatable bonds is 7. The van der Waals surface area contributed by atoms with Gasteiger partial charge in [0.25, 0.3) is 0 Å². The molecule has 2 aromatic rings. The quantitative estimate of drug-likeness (QED) is 0.597. The molecule has 0 heterocycles. The highest BCUT2D eigenvalue weighted by Gasteiger charge is 2.44. The van der Waals surface area contributed by atoms with Crippen molar-refractivity contribution < 1.29 is 17.9 Å². The van der Waals surface area contributed by atoms with E-state index in [1.807, 2.05) is 13.8 Å². The lowest BCUT2D eigenvalue weighted by molar-refractivity contribution is -0.148. The fraction of sp³-hybridized carbons (Fsp3) is 0.250. The molecule has 26 heavy (non-hydrogen) atoms. The summed E-state index contributed by atoms with van der Waals surface area (Å²) in [5.74, 6) is -0.669. The van der Waals surface area contributed by atoms with Crippen molar-refractivity contribution in [2.24, 2.45) is 0 Å². The number of methoxy groups -OCH3 is 1. The zero-order valence-corrected chi connectivity index (χ0v) is 15.9. The van der Waals surface area contributed by atoms with E-state index in [1.165, 1.54) is 19.2 Å². The van der Waals surface area contributed by atoms with Gasteiger partial charge in [0.1, 0.15) is 0 Å². The summed E-state index contributed by atoms with van der Waals surface area (Å²) >= 11 is 0. The van der Waals surface area contributed by atoms with Crippen LogP contribution in [-0.4, -0.2) is 21.5 Å². The highest BCUT2D eigenvalue weighted by molar-refractivity contribution is 7.89. The molecule has 2 aromatic carbocycles. The van der Waals surface area contributed by atoms with Gasteiger partial charge in [-0.05, 0) is 38.0 Å². The highest BCUT2D eigenvalue weighted by Crippen LogP contribution is 2.30. The molecule has 0 saturated carbocycles. The Labute approximate surface area is 154 Å². The molecule has 5 nitrogen and oxygen atoms in total. The average molecular weight is 373 g/mol. The van der Waals surface area contributed by atoms with E-state index < -0.39 is 21.5 Å². The van der Waals surface area contributed by atoms with Crippen molar-refractivity contribution >= 4 is 16.0 Å². The van der Waals surface area contributed by atoms with E-state index in [-0.39, 0.29) is 11.3 Å². The van der Waals surface area contributed by atoms with Gasteiger partial charge in [0.05, 0.1) is 12.0 Å². The fourth-order valence-corrected chi connectivity index (χ4v) is 4.01. The summed E-state index contributed by atoms with van der Waals surface area (Å²) in [4.78, 5) is 12.8. The molecule has 0 spiro atoms. The summed E-state index contributed by atoms with van der Waals surface area (Å²) in [7, 11) is -2.71. The maximum Gasteiger partial charge on any atom is 0.332 e. The number of aryl methyl sites for hydroxylation is 1. The van der Waals surface area contributed by atoms with Gasteiger partial charge in [-0.15, -0.1) is 0 Å². The van der Waals surface area contributed by atoms with Gasteiger partial charge < -0.3 is 4.74 Å². The SMILES string of the molecule is C/C=C\CC(NS(=O)(=O)c1ccc(C)cc1)(C(=O)OC)c1ccccc1. The first-order valence-electron chi connectivity index (χ1n) is 8.21. The van der Waals surface area contributed by atoms with Crippen molar-refractivity contribution in [3.05, 3.63) is 77.9 Å². The van der Waals surface area contributed by atoms with Crippen LogP contribution in [-0.2, 0) is 25.1 Å². The van der Waals surface area contributed by atoms with Crippen molar-refractivity contribution in [3.8, 4) is 0 Å². The third-order valence-corrected chi connectivity index (χ3v) is 5.61. The summed E-state index contributed by atoms with van der Waals surface area (Å²) in [6, 6.07) is 15.2. The van der Waals surface area contributed by atoms with Gasteiger partial charge >= 0.3 is 5.97 Å². The number of carbonyl (C=O) groups excluding carboxylic acids is 1. The Balaban J connectivity index is 2.59. The zero-order chi connectivity index (χ0) is 19.2. The van der Waals surface area contributed by atoms with E-state index in [4.69, 9.17) is 4.74 Å². The van der Waals surface area contributed by atoms with E-state index in [2.05, 4.69) is 4.72 Å². The first-order chi connectivity index (χ1) is 12.4. The lowest BCUT2D eigenvalue weighted by atomic mass is 9.87. The summed E-state index contributed by atoms with van der Waals surface area (Å²) in [5, 5.41) is 0. The summed E-state index contributed by atoms with van der Waals surface area (Å²) in [5.41, 5.74) is -0.0903. The third-order valence-electron chi connectivity index (χ3n) is 4.10. The van der Waals surface area contributed by atoms with Crippen LogP contribution in [0.2, 0.25) is 0 Å². The van der Waals surface area contributed by atoms with Crippen LogP contribution >= 0.6 is 0 Å². The smallest absolute Gasteiger partial charge is 0.332 e. The molecule has 0 amide bonds. The number of benzene rings is 2. The maximum atomic E-state index is 13.0. The van der Waals surface area contributed by atoms with Crippen LogP contribution in [0.5, 0.6) is 0 Å². The molecule has 0 saturated heterocycles. The predicted molar refractivity (Wildman–Crippen MR) is 101 cm³/mol. The van der Waals surface area contributed by atoms with Crippen molar-refractivity contribution in [2.45, 2.75) is 30.7 Å². The van der Waals surface area contributed by atoms with Crippen LogP contribution in [0.25, 0.3) is 0 Å². The zero-order valence-electron chi connectivity index (χ0n) is 15.1. The predicted octanol–water partition coefficient (Wildman–Crippen LogP) is 3.31. The molecule has 1 atom stereocenters. The van der Waals surface area contributed by atoms with E-state index >= 15 is 0 Å². The topological polar surface area (TPSA) is 72.5 Å². The average Bonchev–Trinajstić information content (AvgIpc) is 2.65. The minimum Gasteiger partial charge on any atom is -0.467 e. The molecule has 2 rings (SSSR count). The normalized spacial score (nSPS) is 14.1. The van der Waals surface area contributed by atoms with Gasteiger partial charge in [-0.3, -0.25) is 0 Å². The second kappa shape index (κ2) is 8.29.